The Morgan fingerprint density at radius 3 is 2.18 bits per heavy atom. The van der Waals surface area contributed by atoms with E-state index in [4.69, 9.17) is 16.7 Å². The molecule has 114 valence electrons. The lowest BCUT2D eigenvalue weighted by Crippen LogP contribution is -2.12. The summed E-state index contributed by atoms with van der Waals surface area (Å²) in [5, 5.41) is 8.23. The molecule has 0 fully saturated rings. The Kier molecular flexibility index (Phi) is 4.97. The zero-order valence-corrected chi connectivity index (χ0v) is 12.9. The van der Waals surface area contributed by atoms with Crippen LogP contribution in [0.5, 0.6) is 0 Å². The molecular weight excluding hydrogens is 324 g/mol. The molecule has 0 spiro atoms. The third-order valence-corrected chi connectivity index (χ3v) is 3.93. The van der Waals surface area contributed by atoms with Crippen molar-refractivity contribution in [3.05, 3.63) is 65.2 Å². The van der Waals surface area contributed by atoms with Crippen molar-refractivity contribution in [3.8, 4) is 0 Å². The quantitative estimate of drug-likeness (QED) is 0.841. The molecule has 0 saturated carbocycles. The molecule has 2 aromatic carbocycles. The Balaban J connectivity index is 2.01. The minimum atomic E-state index is -3.74. The van der Waals surface area contributed by atoms with Crippen LogP contribution in [0.15, 0.2) is 59.5 Å². The highest BCUT2D eigenvalue weighted by atomic mass is 35.5. The van der Waals surface area contributed by atoms with Crippen LogP contribution in [0.4, 0.5) is 5.69 Å². The minimum absolute atomic E-state index is 0.0118. The first-order valence-electron chi connectivity index (χ1n) is 6.22. The molecule has 0 heterocycles. The van der Waals surface area contributed by atoms with Crippen LogP contribution in [0.1, 0.15) is 5.56 Å². The predicted molar refractivity (Wildman–Crippen MR) is 86.9 cm³/mol. The Morgan fingerprint density at radius 1 is 1.05 bits per heavy atom. The van der Waals surface area contributed by atoms with Gasteiger partial charge in [-0.2, -0.15) is 0 Å². The van der Waals surface area contributed by atoms with Crippen molar-refractivity contribution in [2.75, 3.05) is 5.32 Å². The lowest BCUT2D eigenvalue weighted by atomic mass is 10.2. The zero-order chi connectivity index (χ0) is 16.2. The Labute approximate surface area is 133 Å². The summed E-state index contributed by atoms with van der Waals surface area (Å²) in [6.07, 6.45) is 3.02. The van der Waals surface area contributed by atoms with E-state index in [9.17, 15) is 13.2 Å². The zero-order valence-electron chi connectivity index (χ0n) is 11.4. The molecule has 0 aromatic heterocycles. The largest absolute Gasteiger partial charge is 0.323 e. The first-order chi connectivity index (χ1) is 10.3. The van der Waals surface area contributed by atoms with Crippen LogP contribution in [0.2, 0.25) is 5.02 Å². The van der Waals surface area contributed by atoms with Gasteiger partial charge in [-0.25, -0.2) is 13.6 Å². The Bertz CT molecular complexity index is 798. The summed E-state index contributed by atoms with van der Waals surface area (Å²) in [5.41, 5.74) is 1.31. The van der Waals surface area contributed by atoms with Gasteiger partial charge in [0.1, 0.15) is 0 Å². The number of rotatable bonds is 4. The van der Waals surface area contributed by atoms with E-state index in [1.807, 2.05) is 0 Å². The van der Waals surface area contributed by atoms with Crippen LogP contribution < -0.4 is 10.5 Å². The first kappa shape index (κ1) is 16.2. The number of nitrogens with two attached hydrogens (primary N) is 1. The second-order valence-corrected chi connectivity index (χ2v) is 6.44. The van der Waals surface area contributed by atoms with Crippen molar-refractivity contribution in [3.63, 3.8) is 0 Å². The number of hydrogen-bond acceptors (Lipinski definition) is 3. The number of nitrogens with one attached hydrogen (secondary N) is 1. The fourth-order valence-electron chi connectivity index (χ4n) is 1.66. The molecule has 0 radical (unpaired) electrons. The third kappa shape index (κ3) is 4.70. The summed E-state index contributed by atoms with van der Waals surface area (Å²) in [6, 6.07) is 12.6. The smallest absolute Gasteiger partial charge is 0.248 e. The fourth-order valence-corrected chi connectivity index (χ4v) is 2.30. The summed E-state index contributed by atoms with van der Waals surface area (Å²) >= 11 is 5.77. The average molecular weight is 337 g/mol. The van der Waals surface area contributed by atoms with Gasteiger partial charge in [0.15, 0.2) is 0 Å². The van der Waals surface area contributed by atoms with E-state index in [0.717, 1.165) is 5.56 Å². The van der Waals surface area contributed by atoms with Crippen LogP contribution in [0.3, 0.4) is 0 Å². The van der Waals surface area contributed by atoms with Gasteiger partial charge in [-0.3, -0.25) is 4.79 Å². The molecule has 5 nitrogen and oxygen atoms in total. The number of halogens is 1. The summed E-state index contributed by atoms with van der Waals surface area (Å²) in [4.78, 5) is 11.8. The number of amides is 1. The van der Waals surface area contributed by atoms with E-state index in [1.165, 1.54) is 30.3 Å². The molecule has 7 heteroatoms. The van der Waals surface area contributed by atoms with Gasteiger partial charge < -0.3 is 5.32 Å². The average Bonchev–Trinajstić information content (AvgIpc) is 2.46. The molecule has 2 rings (SSSR count). The van der Waals surface area contributed by atoms with Gasteiger partial charge in [0.2, 0.25) is 15.9 Å². The molecule has 0 saturated heterocycles. The second kappa shape index (κ2) is 6.74. The lowest BCUT2D eigenvalue weighted by Gasteiger charge is -2.03. The molecule has 0 bridgehead atoms. The van der Waals surface area contributed by atoms with Crippen LogP contribution in [0, 0.1) is 0 Å². The van der Waals surface area contributed by atoms with Gasteiger partial charge in [-0.15, -0.1) is 0 Å². The molecule has 3 N–H and O–H groups in total. The highest BCUT2D eigenvalue weighted by Crippen LogP contribution is 2.13. The molecule has 0 unspecified atom stereocenters. The van der Waals surface area contributed by atoms with Gasteiger partial charge in [-0.05, 0) is 48.0 Å². The maximum Gasteiger partial charge on any atom is 0.248 e. The monoisotopic (exact) mass is 336 g/mol. The van der Waals surface area contributed by atoms with E-state index in [0.29, 0.717) is 10.7 Å². The topological polar surface area (TPSA) is 89.3 Å². The van der Waals surface area contributed by atoms with Crippen molar-refractivity contribution >= 4 is 39.3 Å². The summed E-state index contributed by atoms with van der Waals surface area (Å²) in [7, 11) is -3.74. The highest BCUT2D eigenvalue weighted by molar-refractivity contribution is 7.89. The number of anilines is 1. The number of hydrogen-bond donors (Lipinski definition) is 2. The number of carbonyl (C=O) groups excluding carboxylic acids is 1. The number of benzene rings is 2. The second-order valence-electron chi connectivity index (χ2n) is 4.44. The van der Waals surface area contributed by atoms with Crippen molar-refractivity contribution in [1.82, 2.24) is 0 Å². The Morgan fingerprint density at radius 2 is 1.64 bits per heavy atom. The van der Waals surface area contributed by atoms with E-state index in [-0.39, 0.29) is 10.8 Å². The maximum atomic E-state index is 11.8. The van der Waals surface area contributed by atoms with E-state index < -0.39 is 10.0 Å². The molecular formula is C15H13ClN2O3S. The molecule has 22 heavy (non-hydrogen) atoms. The number of primary sulfonamides is 1. The molecule has 0 atom stereocenters. The van der Waals surface area contributed by atoms with Crippen molar-refractivity contribution in [2.24, 2.45) is 5.14 Å². The van der Waals surface area contributed by atoms with Crippen molar-refractivity contribution < 1.29 is 13.2 Å². The summed E-state index contributed by atoms with van der Waals surface area (Å²) in [6.45, 7) is 0. The van der Waals surface area contributed by atoms with Crippen LogP contribution in [-0.2, 0) is 14.8 Å². The third-order valence-electron chi connectivity index (χ3n) is 2.75. The number of carbonyl (C=O) groups is 1. The first-order valence-corrected chi connectivity index (χ1v) is 8.14. The number of sulfonamides is 1. The van der Waals surface area contributed by atoms with Gasteiger partial charge in [0.25, 0.3) is 0 Å². The van der Waals surface area contributed by atoms with Gasteiger partial charge in [0, 0.05) is 16.8 Å². The van der Waals surface area contributed by atoms with Gasteiger partial charge >= 0.3 is 0 Å². The SMILES string of the molecule is NS(=O)(=O)c1ccc(NC(=O)C=Cc2ccc(Cl)cc2)cc1. The van der Waals surface area contributed by atoms with Gasteiger partial charge in [0.05, 0.1) is 4.90 Å². The molecule has 0 aliphatic heterocycles. The normalized spacial score (nSPS) is 11.5. The molecule has 0 aliphatic carbocycles. The fraction of sp³-hybridized carbons (Fsp3) is 0. The maximum absolute atomic E-state index is 11.8. The minimum Gasteiger partial charge on any atom is -0.323 e. The predicted octanol–water partition coefficient (Wildman–Crippen LogP) is 2.64. The molecule has 1 amide bonds. The van der Waals surface area contributed by atoms with E-state index >= 15 is 0 Å². The van der Waals surface area contributed by atoms with Crippen LogP contribution in [-0.4, -0.2) is 14.3 Å². The van der Waals surface area contributed by atoms with E-state index in [2.05, 4.69) is 5.32 Å². The lowest BCUT2D eigenvalue weighted by molar-refractivity contribution is -0.111. The van der Waals surface area contributed by atoms with Crippen LogP contribution in [0.25, 0.3) is 6.08 Å². The highest BCUT2D eigenvalue weighted by Gasteiger charge is 2.07. The van der Waals surface area contributed by atoms with Gasteiger partial charge in [-0.1, -0.05) is 23.7 Å². The summed E-state index contributed by atoms with van der Waals surface area (Å²) in [5.74, 6) is -0.335. The molecule has 2 aromatic rings. The van der Waals surface area contributed by atoms with Crippen LogP contribution >= 0.6 is 11.6 Å². The van der Waals surface area contributed by atoms with E-state index in [1.54, 1.807) is 30.3 Å². The Hall–Kier alpha value is -2.15. The van der Waals surface area contributed by atoms with Crippen molar-refractivity contribution in [1.29, 1.82) is 0 Å². The van der Waals surface area contributed by atoms with Crippen molar-refractivity contribution in [2.45, 2.75) is 4.90 Å². The standard InChI is InChI=1S/C15H13ClN2O3S/c16-12-4-1-11(2-5-12)3-10-15(19)18-13-6-8-14(9-7-13)22(17,20)21/h1-10H,(H,18,19)(H2,17,20,21). The molecule has 0 aliphatic rings. The summed E-state index contributed by atoms with van der Waals surface area (Å²) < 4.78 is 22.2.